The van der Waals surface area contributed by atoms with Crippen LogP contribution in [0.3, 0.4) is 0 Å². The quantitative estimate of drug-likeness (QED) is 0.505. The molecule has 2 fully saturated rings. The number of alkyl halides is 5. The van der Waals surface area contributed by atoms with E-state index in [1.165, 1.54) is 31.3 Å². The largest absolute Gasteiger partial charge is 0.426 e. The highest BCUT2D eigenvalue weighted by atomic mass is 19.4. The van der Waals surface area contributed by atoms with E-state index in [0.717, 1.165) is 22.1 Å². The summed E-state index contributed by atoms with van der Waals surface area (Å²) in [6, 6.07) is 8.56. The van der Waals surface area contributed by atoms with Crippen LogP contribution in [0.1, 0.15) is 48.4 Å². The van der Waals surface area contributed by atoms with Gasteiger partial charge in [0.25, 0.3) is 5.91 Å². The minimum absolute atomic E-state index is 0.227. The highest BCUT2D eigenvalue weighted by molar-refractivity contribution is 5.93. The molecule has 2 heterocycles. The summed E-state index contributed by atoms with van der Waals surface area (Å²) in [5.41, 5.74) is -2.63. The Morgan fingerprint density at radius 3 is 2.39 bits per heavy atom. The van der Waals surface area contributed by atoms with Crippen molar-refractivity contribution in [1.82, 2.24) is 9.80 Å². The Morgan fingerprint density at radius 1 is 1.11 bits per heavy atom. The molecule has 1 unspecified atom stereocenters. The van der Waals surface area contributed by atoms with Gasteiger partial charge in [0.05, 0.1) is 0 Å². The van der Waals surface area contributed by atoms with E-state index in [9.17, 15) is 35.9 Å². The number of likely N-dealkylation sites (tertiary alicyclic amines) is 2. The predicted octanol–water partition coefficient (Wildman–Crippen LogP) is 5.17. The fraction of sp³-hybridized carbons (Fsp3) is 0.500. The smallest absolute Gasteiger partial charge is 0.337 e. The number of rotatable bonds is 4. The molecule has 204 valence electrons. The number of amides is 2. The van der Waals surface area contributed by atoms with Crippen LogP contribution in [-0.2, 0) is 33.5 Å². The Kier molecular flexibility index (Phi) is 6.30. The second-order valence-electron chi connectivity index (χ2n) is 10.8. The van der Waals surface area contributed by atoms with Gasteiger partial charge in [0.2, 0.25) is 11.6 Å². The number of carbonyl (C=O) groups is 2. The molecular formula is C28H28F6N2O2. The highest BCUT2D eigenvalue weighted by Crippen LogP contribution is 2.51. The van der Waals surface area contributed by atoms with Crippen molar-refractivity contribution in [2.45, 2.75) is 74.5 Å². The zero-order valence-corrected chi connectivity index (χ0v) is 21.0. The van der Waals surface area contributed by atoms with Crippen LogP contribution in [0.15, 0.2) is 42.5 Å². The maximum atomic E-state index is 14.8. The number of likely N-dealkylation sites (N-methyl/N-ethyl adjacent to an activating group) is 1. The summed E-state index contributed by atoms with van der Waals surface area (Å²) < 4.78 is 82.8. The normalized spacial score (nSPS) is 28.7. The minimum atomic E-state index is -5.08. The van der Waals surface area contributed by atoms with Gasteiger partial charge < -0.3 is 9.80 Å². The Morgan fingerprint density at radius 2 is 1.79 bits per heavy atom. The third-order valence-corrected chi connectivity index (χ3v) is 8.73. The van der Waals surface area contributed by atoms with Crippen LogP contribution in [0, 0.1) is 5.82 Å². The van der Waals surface area contributed by atoms with Crippen molar-refractivity contribution in [3.63, 3.8) is 0 Å². The lowest BCUT2D eigenvalue weighted by Gasteiger charge is -2.44. The van der Waals surface area contributed by atoms with E-state index in [0.29, 0.717) is 44.7 Å². The Labute approximate surface area is 216 Å². The van der Waals surface area contributed by atoms with Crippen molar-refractivity contribution in [2.24, 2.45) is 0 Å². The molecule has 5 rings (SSSR count). The van der Waals surface area contributed by atoms with Gasteiger partial charge in [-0.3, -0.25) is 9.59 Å². The average molecular weight is 539 g/mol. The first kappa shape index (κ1) is 26.6. The molecule has 10 heteroatoms. The van der Waals surface area contributed by atoms with Crippen LogP contribution in [-0.4, -0.2) is 59.6 Å². The molecule has 0 radical (unpaired) electrons. The van der Waals surface area contributed by atoms with E-state index in [-0.39, 0.29) is 18.4 Å². The Balaban J connectivity index is 1.55. The molecular weight excluding hydrogens is 510 g/mol. The second kappa shape index (κ2) is 9.02. The van der Waals surface area contributed by atoms with Crippen LogP contribution in [0.25, 0.3) is 0 Å². The molecule has 3 aliphatic rings. The minimum Gasteiger partial charge on any atom is -0.337 e. The average Bonchev–Trinajstić information content (AvgIpc) is 3.37. The van der Waals surface area contributed by atoms with Crippen molar-refractivity contribution < 1.29 is 35.9 Å². The zero-order chi connectivity index (χ0) is 27.6. The maximum Gasteiger partial charge on any atom is 0.426 e. The summed E-state index contributed by atoms with van der Waals surface area (Å²) in [6.45, 7) is 0.812. The number of hydrogen-bond donors (Lipinski definition) is 0. The fourth-order valence-corrected chi connectivity index (χ4v) is 6.54. The lowest BCUT2D eigenvalue weighted by atomic mass is 9.63. The maximum absolute atomic E-state index is 14.8. The molecule has 0 bridgehead atoms. The van der Waals surface area contributed by atoms with Crippen molar-refractivity contribution in [3.8, 4) is 0 Å². The van der Waals surface area contributed by atoms with Gasteiger partial charge in [-0.1, -0.05) is 30.3 Å². The standard InChI is InChI=1S/C28H28F6N2O2/c1-26(31,28(32,33)34)18-6-9-20-17(13-18)5-10-23-27(20,15-16-3-7-19(29)8-4-16)11-12-36(23)25(38)22-14-21(30)24(37)35(22)2/h3-4,6-9,13,21-23H,5,10-12,14-15H2,1-2H3/t21-,22+,23-,26?,27-/m1/s1. The molecule has 0 saturated carbocycles. The summed E-state index contributed by atoms with van der Waals surface area (Å²) in [7, 11) is 1.40. The van der Waals surface area contributed by atoms with Crippen molar-refractivity contribution in [1.29, 1.82) is 0 Å². The van der Waals surface area contributed by atoms with Crippen LogP contribution in [0.4, 0.5) is 26.3 Å². The lowest BCUT2D eigenvalue weighted by molar-refractivity contribution is -0.228. The predicted molar refractivity (Wildman–Crippen MR) is 127 cm³/mol. The van der Waals surface area contributed by atoms with Gasteiger partial charge >= 0.3 is 6.18 Å². The number of fused-ring (bicyclic) bond motifs is 3. The number of aryl methyl sites for hydroxylation is 1. The molecule has 2 aromatic carbocycles. The molecule has 0 N–H and O–H groups in total. The Bertz CT molecular complexity index is 1260. The second-order valence-corrected chi connectivity index (χ2v) is 10.8. The van der Waals surface area contributed by atoms with E-state index >= 15 is 0 Å². The SMILES string of the molecule is CN1C(=O)[C@H](F)C[C@H]1C(=O)N1CC[C@@]2(Cc3ccc(F)cc3)c3ccc(C(C)(F)C(F)(F)F)cc3CC[C@@H]12. The molecule has 1 aliphatic carbocycles. The van der Waals surface area contributed by atoms with Crippen LogP contribution in [0.2, 0.25) is 0 Å². The molecule has 2 amide bonds. The van der Waals surface area contributed by atoms with E-state index in [1.54, 1.807) is 17.0 Å². The molecule has 0 aromatic heterocycles. The molecule has 2 aliphatic heterocycles. The highest BCUT2D eigenvalue weighted by Gasteiger charge is 2.56. The molecule has 2 saturated heterocycles. The van der Waals surface area contributed by atoms with Crippen molar-refractivity contribution >= 4 is 11.8 Å². The summed E-state index contributed by atoms with van der Waals surface area (Å²) in [5.74, 6) is -1.51. The topological polar surface area (TPSA) is 40.6 Å². The van der Waals surface area contributed by atoms with Gasteiger partial charge in [-0.15, -0.1) is 0 Å². The summed E-state index contributed by atoms with van der Waals surface area (Å²) in [6.07, 6.45) is -5.48. The third-order valence-electron chi connectivity index (χ3n) is 8.73. The lowest BCUT2D eigenvalue weighted by Crippen LogP contribution is -2.53. The molecule has 4 nitrogen and oxygen atoms in total. The van der Waals surface area contributed by atoms with E-state index < -0.39 is 46.8 Å². The van der Waals surface area contributed by atoms with Gasteiger partial charge in [-0.2, -0.15) is 13.2 Å². The summed E-state index contributed by atoms with van der Waals surface area (Å²) >= 11 is 0. The monoisotopic (exact) mass is 538 g/mol. The van der Waals surface area contributed by atoms with E-state index in [1.807, 2.05) is 0 Å². The van der Waals surface area contributed by atoms with Gasteiger partial charge in [0.1, 0.15) is 11.9 Å². The first-order valence-corrected chi connectivity index (χ1v) is 12.6. The molecule has 2 aromatic rings. The number of benzene rings is 2. The van der Waals surface area contributed by atoms with Crippen molar-refractivity contribution in [2.75, 3.05) is 13.6 Å². The Hall–Kier alpha value is -3.04. The fourth-order valence-electron chi connectivity index (χ4n) is 6.54. The van der Waals surface area contributed by atoms with Gasteiger partial charge in [0, 0.05) is 31.5 Å². The van der Waals surface area contributed by atoms with Gasteiger partial charge in [0.15, 0.2) is 6.17 Å². The third kappa shape index (κ3) is 4.07. The van der Waals surface area contributed by atoms with Crippen LogP contribution < -0.4 is 0 Å². The molecule has 5 atom stereocenters. The number of hydrogen-bond acceptors (Lipinski definition) is 2. The summed E-state index contributed by atoms with van der Waals surface area (Å²) in [4.78, 5) is 28.4. The molecule has 0 spiro atoms. The zero-order valence-electron chi connectivity index (χ0n) is 21.0. The van der Waals surface area contributed by atoms with Crippen molar-refractivity contribution in [3.05, 3.63) is 70.5 Å². The summed E-state index contributed by atoms with van der Waals surface area (Å²) in [5, 5.41) is 0. The number of nitrogens with zero attached hydrogens (tertiary/aromatic N) is 2. The first-order valence-electron chi connectivity index (χ1n) is 12.6. The van der Waals surface area contributed by atoms with Crippen LogP contribution >= 0.6 is 0 Å². The number of carbonyl (C=O) groups excluding carboxylic acids is 2. The molecule has 38 heavy (non-hydrogen) atoms. The van der Waals surface area contributed by atoms with E-state index in [4.69, 9.17) is 0 Å². The van der Waals surface area contributed by atoms with Crippen LogP contribution in [0.5, 0.6) is 0 Å². The number of halogens is 6. The first-order chi connectivity index (χ1) is 17.8. The van der Waals surface area contributed by atoms with Gasteiger partial charge in [-0.25, -0.2) is 13.2 Å². The van der Waals surface area contributed by atoms with Gasteiger partial charge in [-0.05, 0) is 67.0 Å². The van der Waals surface area contributed by atoms with E-state index in [2.05, 4.69) is 0 Å².